The van der Waals surface area contributed by atoms with Gasteiger partial charge < -0.3 is 10.4 Å². The first kappa shape index (κ1) is 12.1. The van der Waals surface area contributed by atoms with Gasteiger partial charge in [-0.3, -0.25) is 0 Å². The quantitative estimate of drug-likeness (QED) is 0.800. The van der Waals surface area contributed by atoms with E-state index in [0.717, 1.165) is 0 Å². The molecule has 0 unspecified atom stereocenters. The molecule has 0 amide bonds. The maximum atomic E-state index is 13.4. The van der Waals surface area contributed by atoms with Crippen LogP contribution in [0.5, 0.6) is 0 Å². The minimum absolute atomic E-state index is 0.0994. The Balaban J connectivity index is 2.62. The third kappa shape index (κ3) is 3.98. The second kappa shape index (κ2) is 4.73. The maximum absolute atomic E-state index is 13.4. The molecule has 1 atom stereocenters. The van der Waals surface area contributed by atoms with Crippen molar-refractivity contribution in [2.24, 2.45) is 0 Å². The fourth-order valence-electron chi connectivity index (χ4n) is 1.34. The summed E-state index contributed by atoms with van der Waals surface area (Å²) < 4.78 is 13.4. The van der Waals surface area contributed by atoms with Crippen molar-refractivity contribution in [1.82, 2.24) is 5.32 Å². The predicted molar refractivity (Wildman–Crippen MR) is 59.1 cm³/mol. The zero-order valence-electron chi connectivity index (χ0n) is 9.42. The van der Waals surface area contributed by atoms with Gasteiger partial charge >= 0.3 is 0 Å². The highest BCUT2D eigenvalue weighted by molar-refractivity contribution is 5.20. The lowest BCUT2D eigenvalue weighted by Crippen LogP contribution is -2.36. The molecule has 0 aliphatic carbocycles. The van der Waals surface area contributed by atoms with Gasteiger partial charge in [0.2, 0.25) is 0 Å². The van der Waals surface area contributed by atoms with E-state index in [1.54, 1.807) is 32.0 Å². The van der Waals surface area contributed by atoms with Gasteiger partial charge in [0.15, 0.2) is 0 Å². The number of aliphatic hydroxyl groups is 1. The van der Waals surface area contributed by atoms with Gasteiger partial charge in [-0.05, 0) is 26.8 Å². The van der Waals surface area contributed by atoms with Crippen LogP contribution >= 0.6 is 0 Å². The Morgan fingerprint density at radius 3 is 2.53 bits per heavy atom. The summed E-state index contributed by atoms with van der Waals surface area (Å²) >= 11 is 0. The molecular formula is C12H18FNO. The van der Waals surface area contributed by atoms with Crippen LogP contribution in [0.1, 0.15) is 32.4 Å². The largest absolute Gasteiger partial charge is 0.389 e. The molecule has 15 heavy (non-hydrogen) atoms. The van der Waals surface area contributed by atoms with Crippen LogP contribution in [0.25, 0.3) is 0 Å². The first-order valence-electron chi connectivity index (χ1n) is 5.10. The molecule has 0 aromatic heterocycles. The Hall–Kier alpha value is -0.930. The summed E-state index contributed by atoms with van der Waals surface area (Å²) in [6.07, 6.45) is 0. The molecule has 1 rings (SSSR count). The van der Waals surface area contributed by atoms with Crippen LogP contribution in [0.15, 0.2) is 24.3 Å². The fraction of sp³-hybridized carbons (Fsp3) is 0.500. The highest BCUT2D eigenvalue weighted by Crippen LogP contribution is 2.16. The maximum Gasteiger partial charge on any atom is 0.127 e. The van der Waals surface area contributed by atoms with Gasteiger partial charge in [-0.1, -0.05) is 18.2 Å². The van der Waals surface area contributed by atoms with Crippen molar-refractivity contribution in [1.29, 1.82) is 0 Å². The first-order chi connectivity index (χ1) is 6.90. The number of nitrogens with one attached hydrogen (secondary N) is 1. The van der Waals surface area contributed by atoms with E-state index < -0.39 is 5.60 Å². The highest BCUT2D eigenvalue weighted by Gasteiger charge is 2.15. The molecule has 0 radical (unpaired) electrons. The molecular weight excluding hydrogens is 193 g/mol. The van der Waals surface area contributed by atoms with Gasteiger partial charge in [-0.2, -0.15) is 0 Å². The number of halogens is 1. The summed E-state index contributed by atoms with van der Waals surface area (Å²) in [5.74, 6) is -0.215. The standard InChI is InChI=1S/C12H18FNO/c1-9(14-8-12(2,3)15)10-6-4-5-7-11(10)13/h4-7,9,14-15H,8H2,1-3H3/t9-/m1/s1. The lowest BCUT2D eigenvalue weighted by Gasteiger charge is -2.22. The van der Waals surface area contributed by atoms with Crippen molar-refractivity contribution in [2.75, 3.05) is 6.54 Å². The van der Waals surface area contributed by atoms with Crippen molar-refractivity contribution in [3.05, 3.63) is 35.6 Å². The monoisotopic (exact) mass is 211 g/mol. The van der Waals surface area contributed by atoms with E-state index in [-0.39, 0.29) is 11.9 Å². The average molecular weight is 211 g/mol. The molecule has 0 saturated heterocycles. The van der Waals surface area contributed by atoms with Crippen molar-refractivity contribution < 1.29 is 9.50 Å². The molecule has 0 saturated carbocycles. The molecule has 2 nitrogen and oxygen atoms in total. The number of rotatable bonds is 4. The molecule has 1 aromatic rings. The van der Waals surface area contributed by atoms with Gasteiger partial charge in [0.05, 0.1) is 5.60 Å². The molecule has 1 aromatic carbocycles. The van der Waals surface area contributed by atoms with E-state index >= 15 is 0 Å². The number of hydrogen-bond acceptors (Lipinski definition) is 2. The molecule has 0 aliphatic heterocycles. The summed E-state index contributed by atoms with van der Waals surface area (Å²) in [5, 5.41) is 12.6. The van der Waals surface area contributed by atoms with Crippen LogP contribution < -0.4 is 5.32 Å². The van der Waals surface area contributed by atoms with Crippen LogP contribution in [0.3, 0.4) is 0 Å². The molecule has 0 heterocycles. The lowest BCUT2D eigenvalue weighted by atomic mass is 10.1. The molecule has 2 N–H and O–H groups in total. The minimum atomic E-state index is -0.778. The van der Waals surface area contributed by atoms with Gasteiger partial charge in [-0.25, -0.2) is 4.39 Å². The smallest absolute Gasteiger partial charge is 0.127 e. The molecule has 0 bridgehead atoms. The molecule has 0 aliphatic rings. The van der Waals surface area contributed by atoms with Crippen LogP contribution in [0.4, 0.5) is 4.39 Å². The topological polar surface area (TPSA) is 32.3 Å². The third-order valence-corrected chi connectivity index (χ3v) is 2.21. The number of benzene rings is 1. The van der Waals surface area contributed by atoms with Gasteiger partial charge in [0.1, 0.15) is 5.82 Å². The van der Waals surface area contributed by atoms with Crippen LogP contribution in [-0.4, -0.2) is 17.3 Å². The Morgan fingerprint density at radius 1 is 1.40 bits per heavy atom. The summed E-state index contributed by atoms with van der Waals surface area (Å²) in [6.45, 7) is 5.74. The van der Waals surface area contributed by atoms with Crippen molar-refractivity contribution in [3.8, 4) is 0 Å². The summed E-state index contributed by atoms with van der Waals surface area (Å²) in [4.78, 5) is 0. The second-order valence-corrected chi connectivity index (χ2v) is 4.44. The van der Waals surface area contributed by atoms with Gasteiger partial charge in [-0.15, -0.1) is 0 Å². The predicted octanol–water partition coefficient (Wildman–Crippen LogP) is 2.25. The molecule has 0 spiro atoms. The third-order valence-electron chi connectivity index (χ3n) is 2.21. The molecule has 84 valence electrons. The van der Waals surface area contributed by atoms with Gasteiger partial charge in [0, 0.05) is 18.2 Å². The Labute approximate surface area is 90.1 Å². The molecule has 3 heteroatoms. The summed E-state index contributed by atoms with van der Waals surface area (Å²) in [7, 11) is 0. The lowest BCUT2D eigenvalue weighted by molar-refractivity contribution is 0.0769. The summed E-state index contributed by atoms with van der Waals surface area (Å²) in [5.41, 5.74) is -0.152. The van der Waals surface area contributed by atoms with Crippen molar-refractivity contribution in [2.45, 2.75) is 32.4 Å². The number of hydrogen-bond donors (Lipinski definition) is 2. The van der Waals surface area contributed by atoms with E-state index in [4.69, 9.17) is 0 Å². The zero-order valence-corrected chi connectivity index (χ0v) is 9.42. The van der Waals surface area contributed by atoms with E-state index in [1.165, 1.54) is 6.07 Å². The van der Waals surface area contributed by atoms with E-state index in [2.05, 4.69) is 5.32 Å². The SMILES string of the molecule is C[C@@H](NCC(C)(C)O)c1ccccc1F. The van der Waals surface area contributed by atoms with E-state index in [9.17, 15) is 9.50 Å². The normalized spacial score (nSPS) is 13.9. The second-order valence-electron chi connectivity index (χ2n) is 4.44. The van der Waals surface area contributed by atoms with Crippen LogP contribution in [0.2, 0.25) is 0 Å². The zero-order chi connectivity index (χ0) is 11.5. The summed E-state index contributed by atoms with van der Waals surface area (Å²) in [6, 6.07) is 6.56. The Morgan fingerprint density at radius 2 is 2.00 bits per heavy atom. The average Bonchev–Trinajstić information content (AvgIpc) is 2.14. The van der Waals surface area contributed by atoms with E-state index in [1.807, 2.05) is 6.92 Å². The van der Waals surface area contributed by atoms with Crippen LogP contribution in [0, 0.1) is 5.82 Å². The Kier molecular flexibility index (Phi) is 3.83. The van der Waals surface area contributed by atoms with Gasteiger partial charge in [0.25, 0.3) is 0 Å². The fourth-order valence-corrected chi connectivity index (χ4v) is 1.34. The first-order valence-corrected chi connectivity index (χ1v) is 5.10. The van der Waals surface area contributed by atoms with Crippen molar-refractivity contribution in [3.63, 3.8) is 0 Å². The Bertz CT molecular complexity index is 320. The minimum Gasteiger partial charge on any atom is -0.389 e. The van der Waals surface area contributed by atoms with E-state index in [0.29, 0.717) is 12.1 Å². The van der Waals surface area contributed by atoms with Crippen LogP contribution in [-0.2, 0) is 0 Å². The van der Waals surface area contributed by atoms with Crippen molar-refractivity contribution >= 4 is 0 Å². The highest BCUT2D eigenvalue weighted by atomic mass is 19.1. The molecule has 0 fully saturated rings.